The summed E-state index contributed by atoms with van der Waals surface area (Å²) in [6.07, 6.45) is 1.66. The van der Waals surface area contributed by atoms with E-state index in [0.717, 1.165) is 10.9 Å². The molecular formula is C14H11NO4. The first kappa shape index (κ1) is 11.6. The summed E-state index contributed by atoms with van der Waals surface area (Å²) >= 11 is 0. The van der Waals surface area contributed by atoms with Crippen LogP contribution in [0.15, 0.2) is 30.5 Å². The summed E-state index contributed by atoms with van der Waals surface area (Å²) in [5.74, 6) is -1.82. The fourth-order valence-corrected chi connectivity index (χ4v) is 2.46. The minimum absolute atomic E-state index is 0.0325. The number of ether oxygens (including phenoxy) is 1. The third kappa shape index (κ3) is 1.74. The van der Waals surface area contributed by atoms with Gasteiger partial charge in [0, 0.05) is 18.5 Å². The van der Waals surface area contributed by atoms with Crippen LogP contribution in [-0.2, 0) is 14.3 Å². The van der Waals surface area contributed by atoms with Gasteiger partial charge in [0.2, 0.25) is 5.91 Å². The van der Waals surface area contributed by atoms with E-state index in [-0.39, 0.29) is 12.3 Å². The second-order valence-electron chi connectivity index (χ2n) is 4.54. The van der Waals surface area contributed by atoms with Crippen molar-refractivity contribution < 1.29 is 19.1 Å². The van der Waals surface area contributed by atoms with Crippen molar-refractivity contribution in [3.05, 3.63) is 36.0 Å². The van der Waals surface area contributed by atoms with Gasteiger partial charge < -0.3 is 4.74 Å². The van der Waals surface area contributed by atoms with Gasteiger partial charge in [0.1, 0.15) is 0 Å². The lowest BCUT2D eigenvalue weighted by molar-refractivity contribution is -0.152. The molecule has 0 N–H and O–H groups in total. The van der Waals surface area contributed by atoms with Gasteiger partial charge in [-0.3, -0.25) is 19.0 Å². The number of esters is 2. The Morgan fingerprint density at radius 3 is 2.68 bits per heavy atom. The van der Waals surface area contributed by atoms with Crippen molar-refractivity contribution >= 4 is 28.7 Å². The summed E-state index contributed by atoms with van der Waals surface area (Å²) in [5.41, 5.74) is 1.40. The molecule has 0 bridgehead atoms. The van der Waals surface area contributed by atoms with Gasteiger partial charge in [-0.2, -0.15) is 0 Å². The van der Waals surface area contributed by atoms with Gasteiger partial charge in [0.25, 0.3) is 0 Å². The quantitative estimate of drug-likeness (QED) is 0.577. The monoisotopic (exact) mass is 257 g/mol. The lowest BCUT2D eigenvalue weighted by Gasteiger charge is -2.01. The molecule has 1 fully saturated rings. The highest BCUT2D eigenvalue weighted by atomic mass is 16.6. The molecule has 0 amide bonds. The summed E-state index contributed by atoms with van der Waals surface area (Å²) in [4.78, 5) is 34.5. The molecule has 1 atom stereocenters. The standard InChI is InChI=1S/C14H11NO4/c1-8(16)15-7-11(9-4-2-3-5-12(9)15)10-6-13(17)19-14(10)18/h2-5,7,10H,6H2,1H3/t10-/m1/s1. The minimum Gasteiger partial charge on any atom is -0.393 e. The minimum atomic E-state index is -0.613. The Hall–Kier alpha value is -2.43. The highest BCUT2D eigenvalue weighted by molar-refractivity contribution is 6.02. The highest BCUT2D eigenvalue weighted by Gasteiger charge is 2.36. The van der Waals surface area contributed by atoms with Crippen LogP contribution in [0.25, 0.3) is 10.9 Å². The molecule has 1 aromatic heterocycles. The van der Waals surface area contributed by atoms with E-state index < -0.39 is 17.9 Å². The van der Waals surface area contributed by atoms with Crippen LogP contribution < -0.4 is 0 Å². The lowest BCUT2D eigenvalue weighted by Crippen LogP contribution is -2.06. The van der Waals surface area contributed by atoms with Gasteiger partial charge in [-0.1, -0.05) is 18.2 Å². The molecule has 1 aliphatic rings. The van der Waals surface area contributed by atoms with Crippen LogP contribution in [0.2, 0.25) is 0 Å². The summed E-state index contributed by atoms with van der Waals surface area (Å²) in [7, 11) is 0. The van der Waals surface area contributed by atoms with Crippen molar-refractivity contribution in [3.8, 4) is 0 Å². The summed E-state index contributed by atoms with van der Waals surface area (Å²) in [6.45, 7) is 1.45. The molecule has 5 heteroatoms. The Morgan fingerprint density at radius 2 is 2.05 bits per heavy atom. The van der Waals surface area contributed by atoms with Crippen LogP contribution in [0.1, 0.15) is 29.6 Å². The van der Waals surface area contributed by atoms with Gasteiger partial charge in [0.15, 0.2) is 0 Å². The predicted molar refractivity (Wildman–Crippen MR) is 66.7 cm³/mol. The Morgan fingerprint density at radius 1 is 1.32 bits per heavy atom. The number of cyclic esters (lactones) is 2. The number of hydrogen-bond acceptors (Lipinski definition) is 4. The Bertz CT molecular complexity index is 713. The zero-order chi connectivity index (χ0) is 13.6. The largest absolute Gasteiger partial charge is 0.393 e. The third-order valence-electron chi connectivity index (χ3n) is 3.33. The van der Waals surface area contributed by atoms with Crippen molar-refractivity contribution in [2.45, 2.75) is 19.3 Å². The number of carbonyl (C=O) groups is 3. The Balaban J connectivity index is 2.22. The van der Waals surface area contributed by atoms with Gasteiger partial charge in [0.05, 0.1) is 17.9 Å². The zero-order valence-corrected chi connectivity index (χ0v) is 10.3. The van der Waals surface area contributed by atoms with Crippen LogP contribution in [0.4, 0.5) is 0 Å². The van der Waals surface area contributed by atoms with Gasteiger partial charge in [-0.25, -0.2) is 0 Å². The maximum absolute atomic E-state index is 11.7. The average molecular weight is 257 g/mol. The third-order valence-corrected chi connectivity index (χ3v) is 3.33. The first-order chi connectivity index (χ1) is 9.08. The Labute approximate surface area is 108 Å². The first-order valence-electron chi connectivity index (χ1n) is 5.93. The molecule has 2 heterocycles. The molecule has 3 rings (SSSR count). The Kier molecular flexibility index (Phi) is 2.48. The molecule has 1 saturated heterocycles. The van der Waals surface area contributed by atoms with Crippen molar-refractivity contribution in [2.75, 3.05) is 0 Å². The summed E-state index contributed by atoms with van der Waals surface area (Å²) < 4.78 is 6.06. The van der Waals surface area contributed by atoms with Gasteiger partial charge in [-0.15, -0.1) is 0 Å². The predicted octanol–water partition coefficient (Wildman–Crippen LogP) is 1.86. The SMILES string of the molecule is CC(=O)n1cc([C@H]2CC(=O)OC2=O)c2ccccc21. The van der Waals surface area contributed by atoms with Crippen LogP contribution in [0.5, 0.6) is 0 Å². The number of para-hydroxylation sites is 1. The number of nitrogens with zero attached hydrogens (tertiary/aromatic N) is 1. The van der Waals surface area contributed by atoms with Crippen molar-refractivity contribution in [1.29, 1.82) is 0 Å². The molecule has 2 aromatic rings. The summed E-state index contributed by atoms with van der Waals surface area (Å²) in [5, 5.41) is 0.800. The molecule has 0 radical (unpaired) electrons. The van der Waals surface area contributed by atoms with E-state index in [9.17, 15) is 14.4 Å². The molecular weight excluding hydrogens is 246 g/mol. The van der Waals surface area contributed by atoms with Crippen LogP contribution in [0, 0.1) is 0 Å². The van der Waals surface area contributed by atoms with E-state index >= 15 is 0 Å². The van der Waals surface area contributed by atoms with E-state index in [1.165, 1.54) is 11.5 Å². The molecule has 1 aliphatic heterocycles. The van der Waals surface area contributed by atoms with Gasteiger partial charge >= 0.3 is 11.9 Å². The highest BCUT2D eigenvalue weighted by Crippen LogP contribution is 2.34. The number of fused-ring (bicyclic) bond motifs is 1. The fourth-order valence-electron chi connectivity index (χ4n) is 2.46. The smallest absolute Gasteiger partial charge is 0.321 e. The first-order valence-corrected chi connectivity index (χ1v) is 5.93. The van der Waals surface area contributed by atoms with Crippen molar-refractivity contribution in [2.24, 2.45) is 0 Å². The summed E-state index contributed by atoms with van der Waals surface area (Å²) in [6, 6.07) is 7.30. The fraction of sp³-hybridized carbons (Fsp3) is 0.214. The topological polar surface area (TPSA) is 65.4 Å². The van der Waals surface area contributed by atoms with Gasteiger partial charge in [-0.05, 0) is 11.6 Å². The zero-order valence-electron chi connectivity index (χ0n) is 10.3. The molecule has 96 valence electrons. The number of hydrogen-bond donors (Lipinski definition) is 0. The van der Waals surface area contributed by atoms with E-state index in [2.05, 4.69) is 4.74 Å². The van der Waals surface area contributed by atoms with Crippen LogP contribution >= 0.6 is 0 Å². The number of benzene rings is 1. The molecule has 19 heavy (non-hydrogen) atoms. The molecule has 0 spiro atoms. The second kappa shape index (κ2) is 4.05. The van der Waals surface area contributed by atoms with E-state index in [1.807, 2.05) is 24.3 Å². The number of aromatic nitrogens is 1. The number of rotatable bonds is 1. The van der Waals surface area contributed by atoms with Crippen LogP contribution in [0.3, 0.4) is 0 Å². The maximum Gasteiger partial charge on any atom is 0.321 e. The average Bonchev–Trinajstić information content (AvgIpc) is 2.89. The molecule has 0 aliphatic carbocycles. The van der Waals surface area contributed by atoms with E-state index in [1.54, 1.807) is 6.20 Å². The van der Waals surface area contributed by atoms with Crippen molar-refractivity contribution in [1.82, 2.24) is 4.57 Å². The molecule has 0 saturated carbocycles. The van der Waals surface area contributed by atoms with Crippen LogP contribution in [-0.4, -0.2) is 22.4 Å². The normalized spacial score (nSPS) is 18.9. The lowest BCUT2D eigenvalue weighted by atomic mass is 9.97. The molecule has 5 nitrogen and oxygen atoms in total. The van der Waals surface area contributed by atoms with Crippen molar-refractivity contribution in [3.63, 3.8) is 0 Å². The molecule has 0 unspecified atom stereocenters. The maximum atomic E-state index is 11.7. The van der Waals surface area contributed by atoms with E-state index in [0.29, 0.717) is 5.56 Å². The number of carbonyl (C=O) groups excluding carboxylic acids is 3. The molecule has 1 aromatic carbocycles. The van der Waals surface area contributed by atoms with E-state index in [4.69, 9.17) is 0 Å². The second-order valence-corrected chi connectivity index (χ2v) is 4.54.